The lowest BCUT2D eigenvalue weighted by Crippen LogP contribution is -2.55. The highest BCUT2D eigenvalue weighted by Crippen LogP contribution is 2.33. The van der Waals surface area contributed by atoms with Gasteiger partial charge in [0.05, 0.1) is 12.8 Å². The molecule has 2 amide bonds. The Labute approximate surface area is 111 Å². The van der Waals surface area contributed by atoms with Crippen molar-refractivity contribution in [3.8, 4) is 0 Å². The summed E-state index contributed by atoms with van der Waals surface area (Å²) in [4.78, 5) is 26.3. The molecule has 2 aliphatic rings. The Morgan fingerprint density at radius 1 is 1.32 bits per heavy atom. The molecule has 2 heterocycles. The summed E-state index contributed by atoms with van der Waals surface area (Å²) in [6.45, 7) is 0.912. The monoisotopic (exact) mass is 262 g/mol. The predicted octanol–water partition coefficient (Wildman–Crippen LogP) is 1.44. The first kappa shape index (κ1) is 12.3. The summed E-state index contributed by atoms with van der Waals surface area (Å²) in [7, 11) is 0. The quantitative estimate of drug-likeness (QED) is 0.877. The predicted molar refractivity (Wildman–Crippen MR) is 68.1 cm³/mol. The average Bonchev–Trinajstić information content (AvgIpc) is 3.03. The van der Waals surface area contributed by atoms with Gasteiger partial charge in [-0.25, -0.2) is 0 Å². The summed E-state index contributed by atoms with van der Waals surface area (Å²) in [6.07, 6.45) is 5.49. The van der Waals surface area contributed by atoms with Crippen LogP contribution in [0.4, 0.5) is 0 Å². The maximum atomic E-state index is 12.7. The average molecular weight is 262 g/mol. The van der Waals surface area contributed by atoms with Gasteiger partial charge in [-0.15, -0.1) is 0 Å². The van der Waals surface area contributed by atoms with Gasteiger partial charge in [-0.1, -0.05) is 12.8 Å². The van der Waals surface area contributed by atoms with Crippen molar-refractivity contribution in [2.75, 3.05) is 6.54 Å². The molecular formula is C14H18N2O3. The minimum absolute atomic E-state index is 0.0165. The molecule has 0 unspecified atom stereocenters. The first-order valence-electron chi connectivity index (χ1n) is 6.82. The van der Waals surface area contributed by atoms with Crippen LogP contribution >= 0.6 is 0 Å². The Morgan fingerprint density at radius 2 is 2.11 bits per heavy atom. The van der Waals surface area contributed by atoms with Crippen LogP contribution in [0.15, 0.2) is 22.8 Å². The van der Waals surface area contributed by atoms with Crippen LogP contribution in [0.2, 0.25) is 0 Å². The number of hydrogen-bond acceptors (Lipinski definition) is 3. The van der Waals surface area contributed by atoms with Crippen LogP contribution in [0.5, 0.6) is 0 Å². The van der Waals surface area contributed by atoms with E-state index in [1.165, 1.54) is 0 Å². The van der Waals surface area contributed by atoms with Crippen molar-refractivity contribution in [2.45, 2.75) is 44.2 Å². The van der Waals surface area contributed by atoms with Gasteiger partial charge in [-0.2, -0.15) is 0 Å². The van der Waals surface area contributed by atoms with E-state index in [9.17, 15) is 9.59 Å². The van der Waals surface area contributed by atoms with Crippen LogP contribution in [0.1, 0.15) is 37.9 Å². The highest BCUT2D eigenvalue weighted by molar-refractivity contribution is 5.93. The zero-order chi connectivity index (χ0) is 13.3. The first-order chi connectivity index (χ1) is 9.20. The normalized spacial score (nSPS) is 22.6. The standard InChI is InChI=1S/C14H18N2O3/c17-12-5-8-16(10-11-4-3-9-19-11)13(18)14(15-12)6-1-2-7-14/h3-4,9H,1-2,5-8,10H2,(H,15,17). The van der Waals surface area contributed by atoms with Crippen molar-refractivity contribution in [1.82, 2.24) is 10.2 Å². The molecule has 1 aromatic heterocycles. The van der Waals surface area contributed by atoms with Gasteiger partial charge in [0.2, 0.25) is 11.8 Å². The van der Waals surface area contributed by atoms with Crippen LogP contribution in [-0.4, -0.2) is 28.8 Å². The Kier molecular flexibility index (Phi) is 3.05. The number of nitrogens with zero attached hydrogens (tertiary/aromatic N) is 1. The summed E-state index contributed by atoms with van der Waals surface area (Å²) >= 11 is 0. The van der Waals surface area contributed by atoms with Gasteiger partial charge in [0.25, 0.3) is 0 Å². The van der Waals surface area contributed by atoms with E-state index < -0.39 is 5.54 Å². The van der Waals surface area contributed by atoms with E-state index in [1.807, 2.05) is 12.1 Å². The second-order valence-electron chi connectivity index (χ2n) is 5.39. The summed E-state index contributed by atoms with van der Waals surface area (Å²) in [5, 5.41) is 2.95. The molecular weight excluding hydrogens is 244 g/mol. The molecule has 5 nitrogen and oxygen atoms in total. The Morgan fingerprint density at radius 3 is 2.79 bits per heavy atom. The lowest BCUT2D eigenvalue weighted by Gasteiger charge is -2.31. The second kappa shape index (κ2) is 4.72. The van der Waals surface area contributed by atoms with Crippen LogP contribution in [0.25, 0.3) is 0 Å². The molecule has 1 aliphatic carbocycles. The van der Waals surface area contributed by atoms with Crippen molar-refractivity contribution < 1.29 is 14.0 Å². The minimum Gasteiger partial charge on any atom is -0.467 e. The van der Waals surface area contributed by atoms with E-state index in [0.29, 0.717) is 19.5 Å². The molecule has 1 N–H and O–H groups in total. The molecule has 0 radical (unpaired) electrons. The van der Waals surface area contributed by atoms with Gasteiger partial charge in [-0.3, -0.25) is 9.59 Å². The van der Waals surface area contributed by atoms with Gasteiger partial charge in [0.1, 0.15) is 11.3 Å². The molecule has 1 aliphatic heterocycles. The smallest absolute Gasteiger partial charge is 0.248 e. The maximum absolute atomic E-state index is 12.7. The molecule has 0 atom stereocenters. The number of nitrogens with one attached hydrogen (secondary N) is 1. The summed E-state index contributed by atoms with van der Waals surface area (Å²) < 4.78 is 5.30. The van der Waals surface area contributed by atoms with Crippen LogP contribution in [-0.2, 0) is 16.1 Å². The number of hydrogen-bond donors (Lipinski definition) is 1. The lowest BCUT2D eigenvalue weighted by atomic mass is 9.96. The van der Waals surface area contributed by atoms with E-state index >= 15 is 0 Å². The molecule has 1 saturated carbocycles. The van der Waals surface area contributed by atoms with Gasteiger partial charge >= 0.3 is 0 Å². The lowest BCUT2D eigenvalue weighted by molar-refractivity contribution is -0.139. The van der Waals surface area contributed by atoms with Crippen molar-refractivity contribution in [3.63, 3.8) is 0 Å². The molecule has 102 valence electrons. The van der Waals surface area contributed by atoms with Gasteiger partial charge in [0, 0.05) is 13.0 Å². The molecule has 1 spiro atoms. The third-order valence-corrected chi connectivity index (χ3v) is 4.07. The summed E-state index contributed by atoms with van der Waals surface area (Å²) in [6, 6.07) is 3.67. The fraction of sp³-hybridized carbons (Fsp3) is 0.571. The topological polar surface area (TPSA) is 62.6 Å². The van der Waals surface area contributed by atoms with E-state index in [0.717, 1.165) is 31.4 Å². The molecule has 1 saturated heterocycles. The number of carbonyl (C=O) groups is 2. The number of amides is 2. The molecule has 1 aromatic rings. The number of furan rings is 1. The maximum Gasteiger partial charge on any atom is 0.248 e. The summed E-state index contributed by atoms with van der Waals surface area (Å²) in [5.74, 6) is 0.792. The van der Waals surface area contributed by atoms with Crippen LogP contribution < -0.4 is 5.32 Å². The third-order valence-electron chi connectivity index (χ3n) is 4.07. The van der Waals surface area contributed by atoms with E-state index in [2.05, 4.69) is 5.32 Å². The second-order valence-corrected chi connectivity index (χ2v) is 5.39. The van der Waals surface area contributed by atoms with E-state index in [1.54, 1.807) is 11.2 Å². The van der Waals surface area contributed by atoms with Gasteiger partial charge < -0.3 is 14.6 Å². The van der Waals surface area contributed by atoms with Crippen LogP contribution in [0.3, 0.4) is 0 Å². The highest BCUT2D eigenvalue weighted by atomic mass is 16.3. The minimum atomic E-state index is -0.653. The Balaban J connectivity index is 1.83. The van der Waals surface area contributed by atoms with Crippen molar-refractivity contribution >= 4 is 11.8 Å². The molecule has 0 bridgehead atoms. The molecule has 5 heteroatoms. The summed E-state index contributed by atoms with van der Waals surface area (Å²) in [5.41, 5.74) is -0.653. The van der Waals surface area contributed by atoms with Gasteiger partial charge in [-0.05, 0) is 25.0 Å². The van der Waals surface area contributed by atoms with Crippen molar-refractivity contribution in [1.29, 1.82) is 0 Å². The fourth-order valence-corrected chi connectivity index (χ4v) is 3.08. The van der Waals surface area contributed by atoms with Crippen molar-refractivity contribution in [3.05, 3.63) is 24.2 Å². The SMILES string of the molecule is O=C1CCN(Cc2ccco2)C(=O)C2(CCCC2)N1. The third kappa shape index (κ3) is 2.25. The molecule has 3 rings (SSSR count). The fourth-order valence-electron chi connectivity index (χ4n) is 3.08. The highest BCUT2D eigenvalue weighted by Gasteiger charge is 2.46. The van der Waals surface area contributed by atoms with Crippen molar-refractivity contribution in [2.24, 2.45) is 0 Å². The molecule has 0 aromatic carbocycles. The van der Waals surface area contributed by atoms with Gasteiger partial charge in [0.15, 0.2) is 0 Å². The van der Waals surface area contributed by atoms with Crippen LogP contribution in [0, 0.1) is 0 Å². The van der Waals surface area contributed by atoms with E-state index in [-0.39, 0.29) is 11.8 Å². The molecule has 2 fully saturated rings. The zero-order valence-electron chi connectivity index (χ0n) is 10.9. The Bertz CT molecular complexity index is 475. The Hall–Kier alpha value is -1.78. The number of carbonyl (C=O) groups excluding carboxylic acids is 2. The zero-order valence-corrected chi connectivity index (χ0v) is 10.9. The number of rotatable bonds is 2. The largest absolute Gasteiger partial charge is 0.467 e. The first-order valence-corrected chi connectivity index (χ1v) is 6.82. The van der Waals surface area contributed by atoms with E-state index in [4.69, 9.17) is 4.42 Å². The molecule has 19 heavy (non-hydrogen) atoms.